The Kier molecular flexibility index (Phi) is 7.41. The first-order chi connectivity index (χ1) is 14.1. The van der Waals surface area contributed by atoms with Crippen LogP contribution in [0.2, 0.25) is 5.02 Å². The summed E-state index contributed by atoms with van der Waals surface area (Å²) < 4.78 is 6.85. The van der Waals surface area contributed by atoms with E-state index in [9.17, 15) is 4.79 Å². The van der Waals surface area contributed by atoms with Crippen molar-refractivity contribution < 1.29 is 9.53 Å². The smallest absolute Gasteiger partial charge is 0.410 e. The van der Waals surface area contributed by atoms with E-state index in [1.807, 2.05) is 17.0 Å². The molecule has 1 unspecified atom stereocenters. The molecule has 3 fully saturated rings. The second-order valence-electron chi connectivity index (χ2n) is 8.96. The Morgan fingerprint density at radius 1 is 1.10 bits per heavy atom. The molecule has 3 aliphatic rings. The van der Waals surface area contributed by atoms with E-state index in [0.29, 0.717) is 12.0 Å². The number of rotatable bonds is 6. The van der Waals surface area contributed by atoms with Crippen LogP contribution in [0.4, 0.5) is 4.79 Å². The van der Waals surface area contributed by atoms with Crippen LogP contribution < -0.4 is 0 Å². The van der Waals surface area contributed by atoms with Crippen molar-refractivity contribution in [2.45, 2.75) is 69.9 Å². The molecule has 2 aliphatic heterocycles. The third-order valence-electron chi connectivity index (χ3n) is 6.91. The Bertz CT molecular complexity index is 702. The summed E-state index contributed by atoms with van der Waals surface area (Å²) in [5.74, 6) is 0.715. The minimum absolute atomic E-state index is 0.0737. The van der Waals surface area contributed by atoms with Gasteiger partial charge in [0.1, 0.15) is 6.10 Å². The van der Waals surface area contributed by atoms with Crippen molar-refractivity contribution in [2.24, 2.45) is 5.92 Å². The van der Waals surface area contributed by atoms with Crippen LogP contribution in [-0.4, -0.2) is 54.2 Å². The molecule has 1 aromatic carbocycles. The first kappa shape index (κ1) is 21.5. The molecule has 6 heteroatoms. The third-order valence-corrected chi connectivity index (χ3v) is 7.92. The van der Waals surface area contributed by atoms with Gasteiger partial charge in [-0.3, -0.25) is 0 Å². The molecule has 1 saturated carbocycles. The van der Waals surface area contributed by atoms with E-state index in [1.165, 1.54) is 37.7 Å². The van der Waals surface area contributed by atoms with Gasteiger partial charge in [0.2, 0.25) is 0 Å². The number of benzene rings is 1. The average molecular weight is 484 g/mol. The highest BCUT2D eigenvalue weighted by atomic mass is 79.9. The monoisotopic (exact) mass is 482 g/mol. The molecule has 2 heterocycles. The van der Waals surface area contributed by atoms with Crippen LogP contribution in [0.3, 0.4) is 0 Å². The van der Waals surface area contributed by atoms with Crippen LogP contribution in [0, 0.1) is 5.92 Å². The minimum Gasteiger partial charge on any atom is -0.444 e. The van der Waals surface area contributed by atoms with Crippen LogP contribution in [0.1, 0.15) is 56.9 Å². The molecule has 0 N–H and O–H groups in total. The van der Waals surface area contributed by atoms with Gasteiger partial charge in [-0.1, -0.05) is 46.8 Å². The van der Waals surface area contributed by atoms with Gasteiger partial charge in [-0.2, -0.15) is 0 Å². The highest BCUT2D eigenvalue weighted by molar-refractivity contribution is 9.10. The van der Waals surface area contributed by atoms with E-state index in [1.54, 1.807) is 0 Å². The lowest BCUT2D eigenvalue weighted by Gasteiger charge is -2.32. The van der Waals surface area contributed by atoms with Gasteiger partial charge < -0.3 is 14.5 Å². The fraction of sp³-hybridized carbons (Fsp3) is 0.696. The molecule has 1 aliphatic carbocycles. The summed E-state index contributed by atoms with van der Waals surface area (Å²) in [5, 5.41) is 0.814. The predicted octanol–water partition coefficient (Wildman–Crippen LogP) is 5.90. The summed E-state index contributed by atoms with van der Waals surface area (Å²) in [4.78, 5) is 16.8. The zero-order valence-corrected chi connectivity index (χ0v) is 19.5. The lowest BCUT2D eigenvalue weighted by molar-refractivity contribution is 0.110. The second-order valence-corrected chi connectivity index (χ2v) is 10.3. The first-order valence-electron chi connectivity index (χ1n) is 11.2. The number of ether oxygens (including phenoxy) is 1. The molecule has 160 valence electrons. The number of amides is 1. The van der Waals surface area contributed by atoms with Crippen LogP contribution in [0.15, 0.2) is 22.7 Å². The van der Waals surface area contributed by atoms with E-state index in [4.69, 9.17) is 16.3 Å². The topological polar surface area (TPSA) is 32.8 Å². The van der Waals surface area contributed by atoms with Gasteiger partial charge in [-0.25, -0.2) is 4.79 Å². The largest absolute Gasteiger partial charge is 0.444 e. The fourth-order valence-corrected chi connectivity index (χ4v) is 5.74. The summed E-state index contributed by atoms with van der Waals surface area (Å²) in [5.41, 5.74) is 1.32. The highest BCUT2D eigenvalue weighted by Gasteiger charge is 2.36. The number of cyclic esters (lactones) is 1. The van der Waals surface area contributed by atoms with Gasteiger partial charge in [0.15, 0.2) is 0 Å². The van der Waals surface area contributed by atoms with Crippen molar-refractivity contribution in [3.63, 3.8) is 0 Å². The lowest BCUT2D eigenvalue weighted by atomic mass is 9.90. The molecule has 29 heavy (non-hydrogen) atoms. The summed E-state index contributed by atoms with van der Waals surface area (Å²) in [6.07, 6.45) is 10.6. The van der Waals surface area contributed by atoms with E-state index in [0.717, 1.165) is 61.4 Å². The molecule has 4 nitrogen and oxygen atoms in total. The normalized spacial score (nSPS) is 24.8. The number of hydrogen-bond donors (Lipinski definition) is 0. The number of likely N-dealkylation sites (tertiary alicyclic amines) is 1. The van der Waals surface area contributed by atoms with Crippen LogP contribution in [-0.2, 0) is 11.2 Å². The lowest BCUT2D eigenvalue weighted by Crippen LogP contribution is -2.38. The van der Waals surface area contributed by atoms with Crippen LogP contribution >= 0.6 is 27.5 Å². The Morgan fingerprint density at radius 3 is 2.62 bits per heavy atom. The number of nitrogens with zero attached hydrogens (tertiary/aromatic N) is 2. The second kappa shape index (κ2) is 10.0. The van der Waals surface area contributed by atoms with Crippen molar-refractivity contribution in [1.82, 2.24) is 9.80 Å². The third kappa shape index (κ3) is 5.68. The number of piperidine rings is 1. The summed E-state index contributed by atoms with van der Waals surface area (Å²) >= 11 is 9.82. The maximum atomic E-state index is 12.3. The van der Waals surface area contributed by atoms with Gasteiger partial charge in [0.05, 0.1) is 6.54 Å². The quantitative estimate of drug-likeness (QED) is 0.505. The van der Waals surface area contributed by atoms with Gasteiger partial charge in [-0.05, 0) is 81.3 Å². The van der Waals surface area contributed by atoms with Crippen molar-refractivity contribution >= 4 is 33.6 Å². The fourth-order valence-electron chi connectivity index (χ4n) is 5.13. The van der Waals surface area contributed by atoms with Gasteiger partial charge in [0, 0.05) is 22.1 Å². The van der Waals surface area contributed by atoms with Crippen LogP contribution in [0.25, 0.3) is 0 Å². The maximum absolute atomic E-state index is 12.3. The number of halogens is 2. The summed E-state index contributed by atoms with van der Waals surface area (Å²) in [7, 11) is 0. The van der Waals surface area contributed by atoms with E-state index in [2.05, 4.69) is 26.9 Å². The van der Waals surface area contributed by atoms with Gasteiger partial charge in [0.25, 0.3) is 0 Å². The summed E-state index contributed by atoms with van der Waals surface area (Å²) in [6.45, 7) is 4.10. The van der Waals surface area contributed by atoms with Gasteiger partial charge in [-0.15, -0.1) is 0 Å². The Hall–Kier alpha value is -0.780. The molecule has 0 radical (unpaired) electrons. The van der Waals surface area contributed by atoms with Gasteiger partial charge >= 0.3 is 6.09 Å². The van der Waals surface area contributed by atoms with E-state index < -0.39 is 0 Å². The molecule has 2 saturated heterocycles. The van der Waals surface area contributed by atoms with Crippen LogP contribution in [0.5, 0.6) is 0 Å². The number of carbonyl (C=O) groups is 1. The maximum Gasteiger partial charge on any atom is 0.410 e. The highest BCUT2D eigenvalue weighted by Crippen LogP contribution is 2.29. The summed E-state index contributed by atoms with van der Waals surface area (Å²) in [6, 6.07) is 6.49. The molecule has 1 aromatic rings. The molecule has 0 spiro atoms. The predicted molar refractivity (Wildman–Crippen MR) is 120 cm³/mol. The SMILES string of the molecule is O=C1OC(CCN2CCC(Cc3cc(Cl)ccc3Br)CC2)CN1C1CCCCC1. The van der Waals surface area contributed by atoms with E-state index >= 15 is 0 Å². The molecule has 1 atom stereocenters. The molecule has 4 rings (SSSR count). The van der Waals surface area contributed by atoms with Crippen molar-refractivity contribution in [3.8, 4) is 0 Å². The standard InChI is InChI=1S/C23H32BrClN2O2/c24-22-7-6-19(25)15-18(22)14-17-8-11-26(12-9-17)13-10-21-16-27(23(28)29-21)20-4-2-1-3-5-20/h6-7,15,17,20-21H,1-5,8-14,16H2. The van der Waals surface area contributed by atoms with E-state index in [-0.39, 0.29) is 12.2 Å². The minimum atomic E-state index is -0.0762. The van der Waals surface area contributed by atoms with Crippen molar-refractivity contribution in [3.05, 3.63) is 33.3 Å². The molecular formula is C23H32BrClN2O2. The Labute approximate surface area is 188 Å². The average Bonchev–Trinajstić information content (AvgIpc) is 3.11. The Balaban J connectivity index is 1.18. The zero-order valence-electron chi connectivity index (χ0n) is 17.1. The number of hydrogen-bond acceptors (Lipinski definition) is 3. The number of carbonyl (C=O) groups excluding carboxylic acids is 1. The van der Waals surface area contributed by atoms with Crippen molar-refractivity contribution in [2.75, 3.05) is 26.2 Å². The van der Waals surface area contributed by atoms with Crippen molar-refractivity contribution in [1.29, 1.82) is 0 Å². The Morgan fingerprint density at radius 2 is 1.86 bits per heavy atom. The molecule has 1 amide bonds. The molecular weight excluding hydrogens is 452 g/mol. The molecule has 0 aromatic heterocycles. The molecule has 0 bridgehead atoms. The first-order valence-corrected chi connectivity index (χ1v) is 12.4. The zero-order chi connectivity index (χ0) is 20.2.